The van der Waals surface area contributed by atoms with Crippen molar-refractivity contribution in [2.24, 2.45) is 11.3 Å². The summed E-state index contributed by atoms with van der Waals surface area (Å²) in [6.45, 7) is 2.83. The molecule has 0 fully saturated rings. The van der Waals surface area contributed by atoms with E-state index in [0.29, 0.717) is 0 Å². The highest BCUT2D eigenvalue weighted by Crippen LogP contribution is 2.33. The van der Waals surface area contributed by atoms with E-state index in [2.05, 4.69) is 0 Å². The van der Waals surface area contributed by atoms with E-state index >= 15 is 0 Å². The molecule has 0 radical (unpaired) electrons. The van der Waals surface area contributed by atoms with Crippen molar-refractivity contribution in [3.63, 3.8) is 0 Å². The fraction of sp³-hybridized carbons (Fsp3) is 0.700. The average Bonchev–Trinajstić information content (AvgIpc) is 1.98. The zero-order valence-electron chi connectivity index (χ0n) is 9.15. The summed E-state index contributed by atoms with van der Waals surface area (Å²) >= 11 is 0. The standard InChI is InChI=1S/C10H16O6/c1-10(2,5-8(13)14)6(9(15)16)3-4-7(11)12/h6H,3-5H2,1-2H3,(H,11,12)(H,13,14)(H,15,16)/p-3/t6-/m1/s1. The Labute approximate surface area is 92.9 Å². The predicted molar refractivity (Wildman–Crippen MR) is 46.1 cm³/mol. The van der Waals surface area contributed by atoms with Crippen molar-refractivity contribution in [1.29, 1.82) is 0 Å². The van der Waals surface area contributed by atoms with Crippen molar-refractivity contribution in [1.82, 2.24) is 0 Å². The third-order valence-corrected chi connectivity index (χ3v) is 2.46. The number of carboxylic acid groups (broad SMARTS) is 3. The maximum Gasteiger partial charge on any atom is 0.0450 e. The Morgan fingerprint density at radius 1 is 1.06 bits per heavy atom. The van der Waals surface area contributed by atoms with Crippen LogP contribution in [0.3, 0.4) is 0 Å². The molecule has 0 bridgehead atoms. The highest BCUT2D eigenvalue weighted by atomic mass is 16.4. The summed E-state index contributed by atoms with van der Waals surface area (Å²) in [6, 6.07) is 0. The van der Waals surface area contributed by atoms with Crippen molar-refractivity contribution >= 4 is 17.9 Å². The zero-order chi connectivity index (χ0) is 12.9. The fourth-order valence-corrected chi connectivity index (χ4v) is 1.59. The smallest absolute Gasteiger partial charge is 0.0450 e. The van der Waals surface area contributed by atoms with Gasteiger partial charge in [0.05, 0.1) is 0 Å². The van der Waals surface area contributed by atoms with Gasteiger partial charge < -0.3 is 29.7 Å². The van der Waals surface area contributed by atoms with E-state index in [1.165, 1.54) is 13.8 Å². The normalized spacial score (nSPS) is 13.1. The summed E-state index contributed by atoms with van der Waals surface area (Å²) in [7, 11) is 0. The van der Waals surface area contributed by atoms with Gasteiger partial charge in [0.25, 0.3) is 0 Å². The molecule has 0 aromatic rings. The highest BCUT2D eigenvalue weighted by Gasteiger charge is 2.30. The SMILES string of the molecule is CC(C)(CC(=O)[O-])[C@H](CCC(=O)[O-])C(=O)[O-]. The molecular formula is C10H13O6-3. The molecule has 0 saturated heterocycles. The van der Waals surface area contributed by atoms with E-state index in [-0.39, 0.29) is 6.42 Å². The number of aliphatic carboxylic acids is 3. The van der Waals surface area contributed by atoms with Crippen molar-refractivity contribution in [3.8, 4) is 0 Å². The van der Waals surface area contributed by atoms with E-state index in [9.17, 15) is 29.7 Å². The van der Waals surface area contributed by atoms with E-state index in [1.807, 2.05) is 0 Å². The Balaban J connectivity index is 4.68. The van der Waals surface area contributed by atoms with Crippen molar-refractivity contribution in [2.75, 3.05) is 0 Å². The topological polar surface area (TPSA) is 120 Å². The lowest BCUT2D eigenvalue weighted by molar-refractivity contribution is -0.319. The molecule has 0 amide bonds. The lowest BCUT2D eigenvalue weighted by Gasteiger charge is -2.35. The summed E-state index contributed by atoms with van der Waals surface area (Å²) < 4.78 is 0. The summed E-state index contributed by atoms with van der Waals surface area (Å²) in [5.41, 5.74) is -1.12. The summed E-state index contributed by atoms with van der Waals surface area (Å²) in [5, 5.41) is 31.5. The Morgan fingerprint density at radius 2 is 1.56 bits per heavy atom. The van der Waals surface area contributed by atoms with Gasteiger partial charge in [-0.25, -0.2) is 0 Å². The Kier molecular flexibility index (Phi) is 4.94. The van der Waals surface area contributed by atoms with Gasteiger partial charge in [0, 0.05) is 23.8 Å². The summed E-state index contributed by atoms with van der Waals surface area (Å²) in [4.78, 5) is 31.5. The van der Waals surface area contributed by atoms with Gasteiger partial charge >= 0.3 is 0 Å². The molecule has 0 saturated carbocycles. The summed E-state index contributed by atoms with van der Waals surface area (Å²) in [5.74, 6) is -5.39. The molecule has 0 heterocycles. The number of carbonyl (C=O) groups is 3. The number of hydrogen-bond acceptors (Lipinski definition) is 6. The molecule has 16 heavy (non-hydrogen) atoms. The van der Waals surface area contributed by atoms with Gasteiger partial charge in [-0.3, -0.25) is 0 Å². The third-order valence-electron chi connectivity index (χ3n) is 2.46. The van der Waals surface area contributed by atoms with Crippen LogP contribution in [0.2, 0.25) is 0 Å². The van der Waals surface area contributed by atoms with Gasteiger partial charge in [-0.15, -0.1) is 0 Å². The Hall–Kier alpha value is -1.59. The van der Waals surface area contributed by atoms with E-state index in [0.717, 1.165) is 0 Å². The van der Waals surface area contributed by atoms with Crippen LogP contribution in [0, 0.1) is 11.3 Å². The van der Waals surface area contributed by atoms with Crippen LogP contribution in [0.1, 0.15) is 33.1 Å². The van der Waals surface area contributed by atoms with E-state index in [4.69, 9.17) is 0 Å². The van der Waals surface area contributed by atoms with Crippen LogP contribution in [0.5, 0.6) is 0 Å². The van der Waals surface area contributed by atoms with Crippen molar-refractivity contribution in [2.45, 2.75) is 33.1 Å². The van der Waals surface area contributed by atoms with Gasteiger partial charge in [-0.2, -0.15) is 0 Å². The van der Waals surface area contributed by atoms with Crippen molar-refractivity contribution < 1.29 is 29.7 Å². The number of rotatable bonds is 7. The Bertz CT molecular complexity index is 294. The molecule has 92 valence electrons. The third kappa shape index (κ3) is 4.77. The van der Waals surface area contributed by atoms with E-state index in [1.54, 1.807) is 0 Å². The molecule has 0 rings (SSSR count). The molecular weight excluding hydrogens is 216 g/mol. The molecule has 6 heteroatoms. The fourth-order valence-electron chi connectivity index (χ4n) is 1.59. The molecule has 0 aliphatic rings. The lowest BCUT2D eigenvalue weighted by atomic mass is 9.74. The van der Waals surface area contributed by atoms with Crippen LogP contribution in [-0.2, 0) is 14.4 Å². The van der Waals surface area contributed by atoms with E-state index < -0.39 is 42.1 Å². The molecule has 0 aliphatic carbocycles. The first kappa shape index (κ1) is 14.4. The molecule has 0 N–H and O–H groups in total. The number of carbonyl (C=O) groups excluding carboxylic acids is 3. The van der Waals surface area contributed by atoms with Crippen LogP contribution >= 0.6 is 0 Å². The highest BCUT2D eigenvalue weighted by molar-refractivity contribution is 5.72. The molecule has 0 aromatic carbocycles. The first-order chi connectivity index (χ1) is 7.16. The van der Waals surface area contributed by atoms with Crippen LogP contribution in [-0.4, -0.2) is 17.9 Å². The van der Waals surface area contributed by atoms with Crippen LogP contribution < -0.4 is 15.3 Å². The molecule has 1 atom stereocenters. The number of hydrogen-bond donors (Lipinski definition) is 0. The number of carboxylic acids is 3. The second-order valence-corrected chi connectivity index (χ2v) is 4.32. The minimum atomic E-state index is -1.47. The predicted octanol–water partition coefficient (Wildman–Crippen LogP) is -2.95. The van der Waals surface area contributed by atoms with Crippen LogP contribution in [0.4, 0.5) is 0 Å². The zero-order valence-corrected chi connectivity index (χ0v) is 9.15. The summed E-state index contributed by atoms with van der Waals surface area (Å²) in [6.07, 6.45) is -1.14. The minimum absolute atomic E-state index is 0.217. The van der Waals surface area contributed by atoms with Gasteiger partial charge in [-0.05, 0) is 24.7 Å². The van der Waals surface area contributed by atoms with Gasteiger partial charge in [0.15, 0.2) is 0 Å². The first-order valence-corrected chi connectivity index (χ1v) is 4.77. The largest absolute Gasteiger partial charge is 0.550 e. The van der Waals surface area contributed by atoms with Crippen LogP contribution in [0.25, 0.3) is 0 Å². The molecule has 0 spiro atoms. The molecule has 6 nitrogen and oxygen atoms in total. The second kappa shape index (κ2) is 5.48. The monoisotopic (exact) mass is 229 g/mol. The lowest BCUT2D eigenvalue weighted by Crippen LogP contribution is -2.43. The van der Waals surface area contributed by atoms with Crippen LogP contribution in [0.15, 0.2) is 0 Å². The maximum atomic E-state index is 10.8. The van der Waals surface area contributed by atoms with Gasteiger partial charge in [-0.1, -0.05) is 13.8 Å². The van der Waals surface area contributed by atoms with Gasteiger partial charge in [0.2, 0.25) is 0 Å². The maximum absolute atomic E-state index is 10.8. The minimum Gasteiger partial charge on any atom is -0.550 e. The van der Waals surface area contributed by atoms with Gasteiger partial charge in [0.1, 0.15) is 0 Å². The first-order valence-electron chi connectivity index (χ1n) is 4.77. The quantitative estimate of drug-likeness (QED) is 0.460. The second-order valence-electron chi connectivity index (χ2n) is 4.32. The molecule has 0 unspecified atom stereocenters. The Morgan fingerprint density at radius 3 is 1.88 bits per heavy atom. The average molecular weight is 229 g/mol. The molecule has 0 aliphatic heterocycles. The van der Waals surface area contributed by atoms with Crippen molar-refractivity contribution in [3.05, 3.63) is 0 Å². The molecule has 0 aromatic heterocycles.